The number of carbonyl (C=O) groups is 1. The molecule has 0 spiro atoms. The van der Waals surface area contributed by atoms with E-state index >= 15 is 0 Å². The summed E-state index contributed by atoms with van der Waals surface area (Å²) < 4.78 is 13.1. The lowest BCUT2D eigenvalue weighted by molar-refractivity contribution is 0.0933. The molecule has 3 nitrogen and oxygen atoms in total. The maximum atomic E-state index is 13.1. The zero-order valence-electron chi connectivity index (χ0n) is 12.9. The summed E-state index contributed by atoms with van der Waals surface area (Å²) in [6.07, 6.45) is 3.25. The van der Waals surface area contributed by atoms with Gasteiger partial charge in [0, 0.05) is 16.9 Å². The van der Waals surface area contributed by atoms with Crippen molar-refractivity contribution >= 4 is 16.8 Å². The Morgan fingerprint density at radius 2 is 2.00 bits per heavy atom. The maximum Gasteiger partial charge on any atom is 0.267 e. The molecule has 2 N–H and O–H groups in total. The van der Waals surface area contributed by atoms with Crippen LogP contribution in [0.25, 0.3) is 10.9 Å². The van der Waals surface area contributed by atoms with Gasteiger partial charge in [-0.3, -0.25) is 4.79 Å². The molecule has 0 radical (unpaired) electrons. The first-order valence-electron chi connectivity index (χ1n) is 7.55. The third kappa shape index (κ3) is 4.31. The number of hydrogen-bond acceptors (Lipinski definition) is 1. The molecule has 0 saturated carbocycles. The van der Waals surface area contributed by atoms with Crippen molar-refractivity contribution in [3.05, 3.63) is 35.8 Å². The topological polar surface area (TPSA) is 44.9 Å². The summed E-state index contributed by atoms with van der Waals surface area (Å²) in [5.41, 5.74) is 1.25. The lowest BCUT2D eigenvalue weighted by atomic mass is 10.0. The van der Waals surface area contributed by atoms with Crippen LogP contribution in [0.4, 0.5) is 4.39 Å². The van der Waals surface area contributed by atoms with Gasteiger partial charge in [-0.1, -0.05) is 26.7 Å². The Morgan fingerprint density at radius 1 is 1.24 bits per heavy atom. The van der Waals surface area contributed by atoms with Gasteiger partial charge in [0.1, 0.15) is 11.5 Å². The molecule has 0 aliphatic rings. The molecule has 21 heavy (non-hydrogen) atoms. The number of benzene rings is 1. The van der Waals surface area contributed by atoms with Gasteiger partial charge >= 0.3 is 0 Å². The van der Waals surface area contributed by atoms with Crippen LogP contribution in [-0.4, -0.2) is 16.9 Å². The minimum absolute atomic E-state index is 0.136. The fourth-order valence-electron chi connectivity index (χ4n) is 2.43. The van der Waals surface area contributed by atoms with Crippen molar-refractivity contribution in [3.8, 4) is 0 Å². The predicted octanol–water partition coefficient (Wildman–Crippen LogP) is 4.25. The summed E-state index contributed by atoms with van der Waals surface area (Å²) >= 11 is 0. The summed E-state index contributed by atoms with van der Waals surface area (Å²) in [6.45, 7) is 6.42. The number of fused-ring (bicyclic) bond motifs is 1. The van der Waals surface area contributed by atoms with E-state index in [4.69, 9.17) is 0 Å². The Kier molecular flexibility index (Phi) is 4.99. The van der Waals surface area contributed by atoms with Crippen LogP contribution in [0.15, 0.2) is 24.3 Å². The van der Waals surface area contributed by atoms with Gasteiger partial charge < -0.3 is 10.3 Å². The van der Waals surface area contributed by atoms with Gasteiger partial charge in [-0.05, 0) is 43.5 Å². The SMILES string of the molecule is CC(C)CCC[C@H](C)NC(=O)c1cc2cc(F)ccc2[nH]1. The standard InChI is InChI=1S/C17H23FN2O/c1-11(2)5-4-6-12(3)19-17(21)16-10-13-9-14(18)7-8-15(13)20-16/h7-12,20H,4-6H2,1-3H3,(H,19,21)/t12-/m0/s1. The van der Waals surface area contributed by atoms with E-state index in [2.05, 4.69) is 24.1 Å². The highest BCUT2D eigenvalue weighted by Gasteiger charge is 2.12. The molecule has 0 unspecified atom stereocenters. The summed E-state index contributed by atoms with van der Waals surface area (Å²) in [7, 11) is 0. The van der Waals surface area contributed by atoms with Crippen LogP contribution in [0.5, 0.6) is 0 Å². The Balaban J connectivity index is 1.95. The van der Waals surface area contributed by atoms with E-state index in [1.807, 2.05) is 6.92 Å². The molecule has 4 heteroatoms. The van der Waals surface area contributed by atoms with E-state index in [1.54, 1.807) is 12.1 Å². The normalized spacial score (nSPS) is 12.8. The first-order valence-corrected chi connectivity index (χ1v) is 7.55. The van der Waals surface area contributed by atoms with E-state index in [1.165, 1.54) is 18.6 Å². The summed E-state index contributed by atoms with van der Waals surface area (Å²) in [4.78, 5) is 15.2. The largest absolute Gasteiger partial charge is 0.351 e. The van der Waals surface area contributed by atoms with Crippen molar-refractivity contribution in [2.24, 2.45) is 5.92 Å². The van der Waals surface area contributed by atoms with E-state index in [9.17, 15) is 9.18 Å². The Bertz CT molecular complexity index is 618. The average Bonchev–Trinajstić information content (AvgIpc) is 2.81. The molecule has 0 aliphatic carbocycles. The highest BCUT2D eigenvalue weighted by atomic mass is 19.1. The smallest absolute Gasteiger partial charge is 0.267 e. The number of H-pyrrole nitrogens is 1. The van der Waals surface area contributed by atoms with Crippen molar-refractivity contribution in [1.29, 1.82) is 0 Å². The zero-order chi connectivity index (χ0) is 15.4. The number of hydrogen-bond donors (Lipinski definition) is 2. The van der Waals surface area contributed by atoms with Gasteiger partial charge in [-0.2, -0.15) is 0 Å². The second kappa shape index (κ2) is 6.74. The number of aromatic amines is 1. The van der Waals surface area contributed by atoms with Crippen LogP contribution >= 0.6 is 0 Å². The minimum atomic E-state index is -0.296. The lowest BCUT2D eigenvalue weighted by Gasteiger charge is -2.13. The Labute approximate surface area is 124 Å². The fourth-order valence-corrected chi connectivity index (χ4v) is 2.43. The van der Waals surface area contributed by atoms with Crippen molar-refractivity contribution < 1.29 is 9.18 Å². The second-order valence-electron chi connectivity index (χ2n) is 6.11. The summed E-state index contributed by atoms with van der Waals surface area (Å²) in [5, 5.41) is 3.70. The van der Waals surface area contributed by atoms with Gasteiger partial charge in [-0.15, -0.1) is 0 Å². The molecule has 1 heterocycles. The Morgan fingerprint density at radius 3 is 2.71 bits per heavy atom. The number of aromatic nitrogens is 1. The van der Waals surface area contributed by atoms with Crippen LogP contribution < -0.4 is 5.32 Å². The number of carbonyl (C=O) groups excluding carboxylic acids is 1. The van der Waals surface area contributed by atoms with Crippen LogP contribution in [0.1, 0.15) is 50.5 Å². The van der Waals surface area contributed by atoms with Gasteiger partial charge in [0.2, 0.25) is 0 Å². The van der Waals surface area contributed by atoms with Crippen molar-refractivity contribution in [2.45, 2.75) is 46.1 Å². The number of rotatable bonds is 6. The van der Waals surface area contributed by atoms with Gasteiger partial charge in [0.05, 0.1) is 0 Å². The van der Waals surface area contributed by atoms with E-state index < -0.39 is 0 Å². The molecule has 1 aromatic heterocycles. The molecule has 1 atom stereocenters. The molecule has 2 rings (SSSR count). The molecule has 0 saturated heterocycles. The molecule has 0 bridgehead atoms. The van der Waals surface area contributed by atoms with Gasteiger partial charge in [0.25, 0.3) is 5.91 Å². The predicted molar refractivity (Wildman–Crippen MR) is 83.9 cm³/mol. The van der Waals surface area contributed by atoms with Gasteiger partial charge in [0.15, 0.2) is 0 Å². The van der Waals surface area contributed by atoms with Crippen molar-refractivity contribution in [2.75, 3.05) is 0 Å². The third-order valence-corrected chi connectivity index (χ3v) is 3.62. The molecule has 2 aromatic rings. The highest BCUT2D eigenvalue weighted by Crippen LogP contribution is 2.17. The minimum Gasteiger partial charge on any atom is -0.351 e. The fraction of sp³-hybridized carbons (Fsp3) is 0.471. The number of halogens is 1. The van der Waals surface area contributed by atoms with E-state index in [-0.39, 0.29) is 17.8 Å². The second-order valence-corrected chi connectivity index (χ2v) is 6.11. The number of amides is 1. The molecule has 0 fully saturated rings. The monoisotopic (exact) mass is 290 g/mol. The van der Waals surface area contributed by atoms with Gasteiger partial charge in [-0.25, -0.2) is 4.39 Å². The molecular formula is C17H23FN2O. The quantitative estimate of drug-likeness (QED) is 0.820. The average molecular weight is 290 g/mol. The highest BCUT2D eigenvalue weighted by molar-refractivity contribution is 5.98. The molecule has 114 valence electrons. The summed E-state index contributed by atoms with van der Waals surface area (Å²) in [6, 6.07) is 6.28. The van der Waals surface area contributed by atoms with Crippen LogP contribution in [0, 0.1) is 11.7 Å². The third-order valence-electron chi connectivity index (χ3n) is 3.62. The lowest BCUT2D eigenvalue weighted by Crippen LogP contribution is -2.32. The Hall–Kier alpha value is -1.84. The first-order chi connectivity index (χ1) is 9.95. The van der Waals surface area contributed by atoms with E-state index in [0.717, 1.165) is 18.4 Å². The first kappa shape index (κ1) is 15.5. The molecular weight excluding hydrogens is 267 g/mol. The molecule has 1 amide bonds. The van der Waals surface area contributed by atoms with Crippen molar-refractivity contribution in [1.82, 2.24) is 10.3 Å². The summed E-state index contributed by atoms with van der Waals surface area (Å²) in [5.74, 6) is 0.260. The molecule has 1 aromatic carbocycles. The molecule has 0 aliphatic heterocycles. The van der Waals surface area contributed by atoms with Crippen LogP contribution in [0.3, 0.4) is 0 Å². The van der Waals surface area contributed by atoms with Crippen LogP contribution in [0.2, 0.25) is 0 Å². The number of nitrogens with one attached hydrogen (secondary N) is 2. The zero-order valence-corrected chi connectivity index (χ0v) is 12.9. The van der Waals surface area contributed by atoms with E-state index in [0.29, 0.717) is 17.0 Å². The van der Waals surface area contributed by atoms with Crippen molar-refractivity contribution in [3.63, 3.8) is 0 Å². The van der Waals surface area contributed by atoms with Crippen LogP contribution in [-0.2, 0) is 0 Å². The maximum absolute atomic E-state index is 13.1.